The highest BCUT2D eigenvalue weighted by molar-refractivity contribution is 5.95. The topological polar surface area (TPSA) is 92.4 Å². The molecule has 1 rings (SSSR count). The summed E-state index contributed by atoms with van der Waals surface area (Å²) in [4.78, 5) is 23.1. The molecule has 1 atom stereocenters. The molecule has 0 spiro atoms. The van der Waals surface area contributed by atoms with Crippen molar-refractivity contribution in [3.05, 3.63) is 17.5 Å². The van der Waals surface area contributed by atoms with Gasteiger partial charge in [-0.3, -0.25) is 4.79 Å². The van der Waals surface area contributed by atoms with E-state index in [2.05, 4.69) is 10.5 Å². The maximum atomic E-state index is 11.9. The highest BCUT2D eigenvalue weighted by atomic mass is 16.5. The average Bonchev–Trinajstić information content (AvgIpc) is 2.72. The lowest BCUT2D eigenvalue weighted by Crippen LogP contribution is -2.49. The van der Waals surface area contributed by atoms with E-state index >= 15 is 0 Å². The number of carbonyl (C=O) groups excluding carboxylic acids is 1. The Morgan fingerprint density at radius 1 is 1.37 bits per heavy atom. The average molecular weight is 268 g/mol. The van der Waals surface area contributed by atoms with Crippen molar-refractivity contribution in [1.29, 1.82) is 0 Å². The van der Waals surface area contributed by atoms with Crippen molar-refractivity contribution >= 4 is 11.9 Å². The van der Waals surface area contributed by atoms with Crippen LogP contribution in [0.15, 0.2) is 10.6 Å². The first-order valence-electron chi connectivity index (χ1n) is 6.13. The minimum atomic E-state index is -1.08. The van der Waals surface area contributed by atoms with Crippen LogP contribution < -0.4 is 5.32 Å². The highest BCUT2D eigenvalue weighted by Crippen LogP contribution is 2.20. The van der Waals surface area contributed by atoms with Gasteiger partial charge in [-0.25, -0.2) is 4.79 Å². The van der Waals surface area contributed by atoms with Gasteiger partial charge in [-0.05, 0) is 5.41 Å². The van der Waals surface area contributed by atoms with Crippen molar-refractivity contribution in [1.82, 2.24) is 10.5 Å². The van der Waals surface area contributed by atoms with Gasteiger partial charge >= 0.3 is 5.97 Å². The molecule has 1 aromatic rings. The molecule has 0 aliphatic heterocycles. The van der Waals surface area contributed by atoms with Gasteiger partial charge in [0.2, 0.25) is 0 Å². The molecule has 0 saturated carbocycles. The van der Waals surface area contributed by atoms with Crippen molar-refractivity contribution in [2.24, 2.45) is 5.41 Å². The van der Waals surface area contributed by atoms with E-state index in [1.54, 1.807) is 20.8 Å². The number of carbonyl (C=O) groups is 2. The van der Waals surface area contributed by atoms with Crippen LogP contribution in [-0.4, -0.2) is 28.2 Å². The maximum absolute atomic E-state index is 11.9. The molecule has 0 saturated heterocycles. The van der Waals surface area contributed by atoms with Gasteiger partial charge < -0.3 is 14.9 Å². The zero-order valence-corrected chi connectivity index (χ0v) is 11.9. The molecule has 0 unspecified atom stereocenters. The van der Waals surface area contributed by atoms with Crippen molar-refractivity contribution < 1.29 is 19.2 Å². The minimum absolute atomic E-state index is 0.0965. The second-order valence-corrected chi connectivity index (χ2v) is 5.88. The lowest BCUT2D eigenvalue weighted by molar-refractivity contribution is -0.142. The molecule has 19 heavy (non-hydrogen) atoms. The second-order valence-electron chi connectivity index (χ2n) is 5.88. The van der Waals surface area contributed by atoms with E-state index in [1.807, 2.05) is 13.8 Å². The molecule has 1 amide bonds. The fraction of sp³-hybridized carbons (Fsp3) is 0.615. The van der Waals surface area contributed by atoms with Gasteiger partial charge in [0.25, 0.3) is 5.91 Å². The van der Waals surface area contributed by atoms with E-state index in [0.29, 0.717) is 5.76 Å². The predicted molar refractivity (Wildman–Crippen MR) is 68.9 cm³/mol. The van der Waals surface area contributed by atoms with E-state index in [-0.39, 0.29) is 11.6 Å². The quantitative estimate of drug-likeness (QED) is 0.871. The Bertz CT molecular complexity index is 471. The second kappa shape index (κ2) is 5.42. The first kappa shape index (κ1) is 15.2. The number of aliphatic carboxylic acids is 1. The molecular weight excluding hydrogens is 248 g/mol. The zero-order chi connectivity index (χ0) is 14.8. The van der Waals surface area contributed by atoms with E-state index < -0.39 is 23.3 Å². The van der Waals surface area contributed by atoms with E-state index in [9.17, 15) is 9.59 Å². The molecule has 0 radical (unpaired) electrons. The third-order valence-electron chi connectivity index (χ3n) is 2.72. The summed E-state index contributed by atoms with van der Waals surface area (Å²) in [5.74, 6) is -0.911. The van der Waals surface area contributed by atoms with Crippen molar-refractivity contribution in [2.75, 3.05) is 0 Å². The third kappa shape index (κ3) is 3.81. The van der Waals surface area contributed by atoms with Gasteiger partial charge in [-0.15, -0.1) is 0 Å². The van der Waals surface area contributed by atoms with Crippen LogP contribution in [0.1, 0.15) is 56.8 Å². The first-order chi connectivity index (χ1) is 8.62. The molecule has 6 heteroatoms. The normalized spacial score (nSPS) is 13.4. The monoisotopic (exact) mass is 268 g/mol. The summed E-state index contributed by atoms with van der Waals surface area (Å²) in [6.45, 7) is 9.06. The summed E-state index contributed by atoms with van der Waals surface area (Å²) >= 11 is 0. The molecule has 2 N–H and O–H groups in total. The van der Waals surface area contributed by atoms with Crippen LogP contribution in [-0.2, 0) is 4.79 Å². The number of nitrogens with one attached hydrogen (secondary N) is 1. The smallest absolute Gasteiger partial charge is 0.326 e. The molecule has 0 aliphatic rings. The van der Waals surface area contributed by atoms with Crippen LogP contribution in [0, 0.1) is 5.41 Å². The molecule has 0 aromatic carbocycles. The van der Waals surface area contributed by atoms with E-state index in [0.717, 1.165) is 0 Å². The van der Waals surface area contributed by atoms with Crippen molar-refractivity contribution in [2.45, 2.75) is 46.6 Å². The fourth-order valence-corrected chi connectivity index (χ4v) is 1.52. The lowest BCUT2D eigenvalue weighted by Gasteiger charge is -2.27. The van der Waals surface area contributed by atoms with Crippen molar-refractivity contribution in [3.63, 3.8) is 0 Å². The zero-order valence-electron chi connectivity index (χ0n) is 11.9. The number of carboxylic acids is 1. The lowest BCUT2D eigenvalue weighted by atomic mass is 9.86. The van der Waals surface area contributed by atoms with Gasteiger partial charge in [-0.2, -0.15) is 0 Å². The number of aromatic nitrogens is 1. The third-order valence-corrected chi connectivity index (χ3v) is 2.72. The van der Waals surface area contributed by atoms with Gasteiger partial charge in [0.15, 0.2) is 5.69 Å². The van der Waals surface area contributed by atoms with Crippen LogP contribution in [0.5, 0.6) is 0 Å². The Balaban J connectivity index is 2.85. The Morgan fingerprint density at radius 3 is 2.32 bits per heavy atom. The number of rotatable bonds is 4. The van der Waals surface area contributed by atoms with Crippen LogP contribution in [0.25, 0.3) is 0 Å². The maximum Gasteiger partial charge on any atom is 0.326 e. The summed E-state index contributed by atoms with van der Waals surface area (Å²) in [7, 11) is 0. The van der Waals surface area contributed by atoms with Gasteiger partial charge in [-0.1, -0.05) is 39.8 Å². The van der Waals surface area contributed by atoms with Gasteiger partial charge in [0, 0.05) is 12.0 Å². The molecule has 6 nitrogen and oxygen atoms in total. The standard InChI is InChI=1S/C13H20N2O4/c1-7(2)9-6-8(15-19-9)11(16)14-10(12(17)18)13(3,4)5/h6-7,10H,1-5H3,(H,14,16)(H,17,18)/t10-/m1/s1. The molecule has 106 valence electrons. The minimum Gasteiger partial charge on any atom is -0.480 e. The summed E-state index contributed by atoms with van der Waals surface area (Å²) in [6.07, 6.45) is 0. The Hall–Kier alpha value is -1.85. The van der Waals surface area contributed by atoms with E-state index in [4.69, 9.17) is 9.63 Å². The molecule has 1 aromatic heterocycles. The summed E-state index contributed by atoms with van der Waals surface area (Å²) in [5, 5.41) is 15.3. The Morgan fingerprint density at radius 2 is 1.95 bits per heavy atom. The van der Waals surface area contributed by atoms with Gasteiger partial charge in [0.1, 0.15) is 11.8 Å². The number of carboxylic acid groups (broad SMARTS) is 1. The molecule has 0 bridgehead atoms. The van der Waals surface area contributed by atoms with Crippen LogP contribution in [0.3, 0.4) is 0 Å². The largest absolute Gasteiger partial charge is 0.480 e. The molecule has 0 fully saturated rings. The number of hydrogen-bond donors (Lipinski definition) is 2. The molecule has 0 aliphatic carbocycles. The molecule has 1 heterocycles. The Kier molecular flexibility index (Phi) is 4.34. The summed E-state index contributed by atoms with van der Waals surface area (Å²) in [5.41, 5.74) is -0.495. The predicted octanol–water partition coefficient (Wildman–Crippen LogP) is 2.03. The van der Waals surface area contributed by atoms with Crippen LogP contribution in [0.2, 0.25) is 0 Å². The highest BCUT2D eigenvalue weighted by Gasteiger charge is 2.33. The number of hydrogen-bond acceptors (Lipinski definition) is 4. The van der Waals surface area contributed by atoms with Crippen LogP contribution >= 0.6 is 0 Å². The summed E-state index contributed by atoms with van der Waals surface area (Å²) in [6, 6.07) is 0.542. The van der Waals surface area contributed by atoms with E-state index in [1.165, 1.54) is 6.07 Å². The fourth-order valence-electron chi connectivity index (χ4n) is 1.52. The SMILES string of the molecule is CC(C)c1cc(C(=O)N[C@H](C(=O)O)C(C)(C)C)no1. The van der Waals surface area contributed by atoms with Gasteiger partial charge in [0.05, 0.1) is 0 Å². The van der Waals surface area contributed by atoms with Crippen molar-refractivity contribution in [3.8, 4) is 0 Å². The first-order valence-corrected chi connectivity index (χ1v) is 6.13. The van der Waals surface area contributed by atoms with Crippen LogP contribution in [0.4, 0.5) is 0 Å². The molecular formula is C13H20N2O4. The Labute approximate surface area is 112 Å². The number of amides is 1. The summed E-state index contributed by atoms with van der Waals surface area (Å²) < 4.78 is 5.02. The number of nitrogens with zero attached hydrogens (tertiary/aromatic N) is 1.